The molecule has 0 bridgehead atoms. The van der Waals surface area contributed by atoms with Crippen LogP contribution >= 0.6 is 0 Å². The van der Waals surface area contributed by atoms with Crippen LogP contribution in [0.1, 0.15) is 11.1 Å². The van der Waals surface area contributed by atoms with E-state index in [0.29, 0.717) is 5.71 Å². The zero-order valence-corrected chi connectivity index (χ0v) is 14.1. The van der Waals surface area contributed by atoms with Gasteiger partial charge < -0.3 is 4.42 Å². The van der Waals surface area contributed by atoms with Crippen molar-refractivity contribution >= 4 is 33.0 Å². The molecule has 25 heavy (non-hydrogen) atoms. The second-order valence-electron chi connectivity index (χ2n) is 6.48. The Hall–Kier alpha value is -3.20. The van der Waals surface area contributed by atoms with E-state index in [1.807, 2.05) is 18.2 Å². The van der Waals surface area contributed by atoms with Crippen molar-refractivity contribution in [2.75, 3.05) is 0 Å². The minimum Gasteiger partial charge on any atom is -0.436 e. The minimum absolute atomic E-state index is 0.582. The normalized spacial score (nSPS) is 11.6. The van der Waals surface area contributed by atoms with Gasteiger partial charge >= 0.3 is 0 Å². The van der Waals surface area contributed by atoms with Gasteiger partial charge in [0.05, 0.1) is 11.0 Å². The lowest BCUT2D eigenvalue weighted by Crippen LogP contribution is -1.88. The second kappa shape index (κ2) is 5.15. The summed E-state index contributed by atoms with van der Waals surface area (Å²) in [6.45, 7) is 4.18. The molecule has 0 saturated carbocycles. The monoisotopic (exact) mass is 324 g/mol. The maximum Gasteiger partial charge on any atom is 0.246 e. The van der Waals surface area contributed by atoms with Crippen molar-refractivity contribution in [1.82, 2.24) is 9.97 Å². The van der Waals surface area contributed by atoms with Crippen LogP contribution in [0.15, 0.2) is 65.1 Å². The summed E-state index contributed by atoms with van der Waals surface area (Å²) >= 11 is 0. The first-order valence-electron chi connectivity index (χ1n) is 8.36. The molecule has 2 aromatic heterocycles. The first kappa shape index (κ1) is 14.2. The van der Waals surface area contributed by atoms with E-state index in [0.717, 1.165) is 27.9 Å². The van der Waals surface area contributed by atoms with Gasteiger partial charge in [0.2, 0.25) is 5.71 Å². The molecule has 0 spiro atoms. The van der Waals surface area contributed by atoms with Crippen molar-refractivity contribution in [3.05, 3.63) is 71.8 Å². The summed E-state index contributed by atoms with van der Waals surface area (Å²) in [5, 5.41) is 2.36. The molecule has 0 aliphatic heterocycles. The molecular weight excluding hydrogens is 308 g/mol. The van der Waals surface area contributed by atoms with Crippen LogP contribution in [-0.4, -0.2) is 9.97 Å². The van der Waals surface area contributed by atoms with Crippen LogP contribution in [0.2, 0.25) is 0 Å². The summed E-state index contributed by atoms with van der Waals surface area (Å²) in [6, 6.07) is 20.7. The Morgan fingerprint density at radius 1 is 0.720 bits per heavy atom. The Morgan fingerprint density at radius 2 is 1.44 bits per heavy atom. The largest absolute Gasteiger partial charge is 0.436 e. The lowest BCUT2D eigenvalue weighted by atomic mass is 10.0. The highest BCUT2D eigenvalue weighted by Crippen LogP contribution is 2.32. The third-order valence-corrected chi connectivity index (χ3v) is 4.80. The number of nitrogens with zero attached hydrogens (tertiary/aromatic N) is 2. The summed E-state index contributed by atoms with van der Waals surface area (Å²) in [6.07, 6.45) is 0. The SMILES string of the molecule is Cc1cc2nc3cc(-c4cccc5ccccc45)oc3nc2cc1C. The predicted octanol–water partition coefficient (Wildman–Crippen LogP) is 5.81. The summed E-state index contributed by atoms with van der Waals surface area (Å²) in [4.78, 5) is 9.43. The fourth-order valence-corrected chi connectivity index (χ4v) is 3.31. The molecule has 5 rings (SSSR count). The maximum atomic E-state index is 6.07. The van der Waals surface area contributed by atoms with Gasteiger partial charge in [-0.25, -0.2) is 9.97 Å². The minimum atomic E-state index is 0.582. The van der Waals surface area contributed by atoms with E-state index in [2.05, 4.69) is 61.3 Å². The molecule has 0 saturated heterocycles. The van der Waals surface area contributed by atoms with Crippen molar-refractivity contribution < 1.29 is 4.42 Å². The summed E-state index contributed by atoms with van der Waals surface area (Å²) in [5.74, 6) is 0.801. The Balaban J connectivity index is 1.78. The van der Waals surface area contributed by atoms with Gasteiger partial charge in [-0.2, -0.15) is 0 Å². The number of aromatic nitrogens is 2. The highest BCUT2D eigenvalue weighted by Gasteiger charge is 2.12. The molecule has 0 amide bonds. The van der Waals surface area contributed by atoms with Crippen molar-refractivity contribution in [2.45, 2.75) is 13.8 Å². The Morgan fingerprint density at radius 3 is 2.28 bits per heavy atom. The molecule has 0 radical (unpaired) electrons. The number of hydrogen-bond donors (Lipinski definition) is 0. The van der Waals surface area contributed by atoms with E-state index in [9.17, 15) is 0 Å². The van der Waals surface area contributed by atoms with Crippen molar-refractivity contribution in [3.63, 3.8) is 0 Å². The highest BCUT2D eigenvalue weighted by molar-refractivity contribution is 5.97. The topological polar surface area (TPSA) is 38.9 Å². The Labute approximate surface area is 144 Å². The molecule has 0 fully saturated rings. The van der Waals surface area contributed by atoms with Gasteiger partial charge in [-0.15, -0.1) is 0 Å². The van der Waals surface area contributed by atoms with Gasteiger partial charge in [-0.3, -0.25) is 0 Å². The zero-order chi connectivity index (χ0) is 17.0. The van der Waals surface area contributed by atoms with E-state index in [1.54, 1.807) is 0 Å². The quantitative estimate of drug-likeness (QED) is 0.390. The number of benzene rings is 3. The van der Waals surface area contributed by atoms with E-state index in [4.69, 9.17) is 9.40 Å². The molecule has 5 aromatic rings. The molecule has 3 heteroatoms. The molecule has 120 valence electrons. The lowest BCUT2D eigenvalue weighted by Gasteiger charge is -2.03. The molecular formula is C22H16N2O. The first-order valence-corrected chi connectivity index (χ1v) is 8.36. The van der Waals surface area contributed by atoms with Gasteiger partial charge in [0, 0.05) is 11.6 Å². The fraction of sp³-hybridized carbons (Fsp3) is 0.0909. The van der Waals surface area contributed by atoms with E-state index in [-0.39, 0.29) is 0 Å². The van der Waals surface area contributed by atoms with Gasteiger partial charge in [0.1, 0.15) is 11.3 Å². The van der Waals surface area contributed by atoms with Crippen LogP contribution < -0.4 is 0 Å². The molecule has 0 N–H and O–H groups in total. The standard InChI is InChI=1S/C22H16N2O/c1-13-10-18-19(11-14(13)2)24-22-20(23-18)12-21(25-22)17-9-5-7-15-6-3-4-8-16(15)17/h3-12H,1-2H3. The summed E-state index contributed by atoms with van der Waals surface area (Å²) in [5.41, 5.74) is 6.64. The van der Waals surface area contributed by atoms with Crippen molar-refractivity contribution in [1.29, 1.82) is 0 Å². The average molecular weight is 324 g/mol. The number of fused-ring (bicyclic) bond motifs is 3. The lowest BCUT2D eigenvalue weighted by molar-refractivity contribution is 0.620. The fourth-order valence-electron chi connectivity index (χ4n) is 3.31. The maximum absolute atomic E-state index is 6.07. The summed E-state index contributed by atoms with van der Waals surface area (Å²) < 4.78 is 6.07. The van der Waals surface area contributed by atoms with E-state index >= 15 is 0 Å². The van der Waals surface area contributed by atoms with Crippen LogP contribution in [0.4, 0.5) is 0 Å². The average Bonchev–Trinajstić information content (AvgIpc) is 3.03. The van der Waals surface area contributed by atoms with Crippen molar-refractivity contribution in [3.8, 4) is 11.3 Å². The third kappa shape index (κ3) is 2.20. The zero-order valence-electron chi connectivity index (χ0n) is 14.1. The van der Waals surface area contributed by atoms with Gasteiger partial charge in [-0.05, 0) is 47.9 Å². The van der Waals surface area contributed by atoms with Crippen LogP contribution in [0.25, 0.3) is 44.4 Å². The smallest absolute Gasteiger partial charge is 0.246 e. The van der Waals surface area contributed by atoms with Crippen LogP contribution in [0, 0.1) is 13.8 Å². The van der Waals surface area contributed by atoms with E-state index < -0.39 is 0 Å². The molecule has 2 heterocycles. The van der Waals surface area contributed by atoms with Gasteiger partial charge in [0.15, 0.2) is 0 Å². The van der Waals surface area contributed by atoms with Gasteiger partial charge in [-0.1, -0.05) is 42.5 Å². The second-order valence-corrected chi connectivity index (χ2v) is 6.48. The van der Waals surface area contributed by atoms with Crippen LogP contribution in [0.3, 0.4) is 0 Å². The Kier molecular flexibility index (Phi) is 2.92. The third-order valence-electron chi connectivity index (χ3n) is 4.80. The summed E-state index contributed by atoms with van der Waals surface area (Å²) in [7, 11) is 0. The molecule has 3 aromatic carbocycles. The van der Waals surface area contributed by atoms with E-state index in [1.165, 1.54) is 21.9 Å². The van der Waals surface area contributed by atoms with Crippen LogP contribution in [0.5, 0.6) is 0 Å². The van der Waals surface area contributed by atoms with Crippen molar-refractivity contribution in [2.24, 2.45) is 0 Å². The number of rotatable bonds is 1. The number of hydrogen-bond acceptors (Lipinski definition) is 3. The highest BCUT2D eigenvalue weighted by atomic mass is 16.3. The Bertz CT molecular complexity index is 1200. The molecule has 0 aliphatic carbocycles. The number of furan rings is 1. The first-order chi connectivity index (χ1) is 12.2. The molecule has 3 nitrogen and oxygen atoms in total. The molecule has 0 aliphatic rings. The number of aryl methyl sites for hydroxylation is 2. The molecule has 0 atom stereocenters. The molecule has 0 unspecified atom stereocenters. The van der Waals surface area contributed by atoms with Gasteiger partial charge in [0.25, 0.3) is 0 Å². The predicted molar refractivity (Wildman–Crippen MR) is 102 cm³/mol. The van der Waals surface area contributed by atoms with Crippen LogP contribution in [-0.2, 0) is 0 Å².